The van der Waals surface area contributed by atoms with Gasteiger partial charge in [-0.05, 0) is 56.5 Å². The first-order valence-corrected chi connectivity index (χ1v) is 10.0. The molecule has 0 aliphatic carbocycles. The number of benzene rings is 1. The summed E-state index contributed by atoms with van der Waals surface area (Å²) in [6.07, 6.45) is 4.20. The number of rotatable bonds is 6. The minimum atomic E-state index is -3.56. The molecule has 24 heavy (non-hydrogen) atoms. The van der Waals surface area contributed by atoms with Gasteiger partial charge in [-0.25, -0.2) is 13.1 Å². The highest BCUT2D eigenvalue weighted by molar-refractivity contribution is 7.89. The number of fused-ring (bicyclic) bond motifs is 1. The standard InChI is InChI=1S/C18H25N3O2S/c1-14-10-16-6-5-7-17(18(16)19-11-14)24(22,23)20-12-15(2)13-21-8-3-4-9-21/h5-7,10-11,15,20H,3-4,8-9,12-13H2,1-2H3/t15-/m0/s1. The normalized spacial score (nSPS) is 17.4. The molecule has 1 aliphatic heterocycles. The fourth-order valence-electron chi connectivity index (χ4n) is 3.26. The first-order valence-electron chi connectivity index (χ1n) is 8.53. The van der Waals surface area contributed by atoms with Crippen molar-refractivity contribution in [1.29, 1.82) is 0 Å². The Labute approximate surface area is 144 Å². The molecule has 0 unspecified atom stereocenters. The largest absolute Gasteiger partial charge is 0.303 e. The van der Waals surface area contributed by atoms with Gasteiger partial charge in [-0.3, -0.25) is 4.98 Å². The van der Waals surface area contributed by atoms with Crippen molar-refractivity contribution < 1.29 is 8.42 Å². The SMILES string of the molecule is Cc1cnc2c(S(=O)(=O)NC[C@H](C)CN3CCCC3)cccc2c1. The van der Waals surface area contributed by atoms with Gasteiger partial charge in [0.2, 0.25) is 10.0 Å². The van der Waals surface area contributed by atoms with Crippen LogP contribution in [0.25, 0.3) is 10.9 Å². The summed E-state index contributed by atoms with van der Waals surface area (Å²) in [7, 11) is -3.56. The lowest BCUT2D eigenvalue weighted by atomic mass is 10.2. The molecule has 1 aromatic carbocycles. The van der Waals surface area contributed by atoms with E-state index >= 15 is 0 Å². The number of hydrogen-bond donors (Lipinski definition) is 1. The predicted molar refractivity (Wildman–Crippen MR) is 96.5 cm³/mol. The molecule has 0 bridgehead atoms. The molecule has 1 atom stereocenters. The van der Waals surface area contributed by atoms with Gasteiger partial charge in [0, 0.05) is 24.7 Å². The topological polar surface area (TPSA) is 62.3 Å². The van der Waals surface area contributed by atoms with Crippen molar-refractivity contribution in [3.8, 4) is 0 Å². The van der Waals surface area contributed by atoms with Gasteiger partial charge < -0.3 is 4.90 Å². The van der Waals surface area contributed by atoms with Crippen molar-refractivity contribution >= 4 is 20.9 Å². The van der Waals surface area contributed by atoms with Crippen molar-refractivity contribution in [2.45, 2.75) is 31.6 Å². The van der Waals surface area contributed by atoms with Gasteiger partial charge in [-0.15, -0.1) is 0 Å². The smallest absolute Gasteiger partial charge is 0.242 e. The number of hydrogen-bond acceptors (Lipinski definition) is 4. The Balaban J connectivity index is 1.73. The van der Waals surface area contributed by atoms with E-state index in [4.69, 9.17) is 0 Å². The maximum absolute atomic E-state index is 12.7. The molecule has 2 heterocycles. The zero-order valence-electron chi connectivity index (χ0n) is 14.3. The van der Waals surface area contributed by atoms with Crippen LogP contribution >= 0.6 is 0 Å². The molecule has 1 aliphatic rings. The van der Waals surface area contributed by atoms with Crippen LogP contribution in [0.3, 0.4) is 0 Å². The minimum absolute atomic E-state index is 0.258. The van der Waals surface area contributed by atoms with Crippen molar-refractivity contribution in [2.24, 2.45) is 5.92 Å². The molecule has 130 valence electrons. The number of pyridine rings is 1. The zero-order valence-corrected chi connectivity index (χ0v) is 15.1. The summed E-state index contributed by atoms with van der Waals surface area (Å²) in [5.41, 5.74) is 1.55. The van der Waals surface area contributed by atoms with E-state index in [1.807, 2.05) is 19.1 Å². The zero-order chi connectivity index (χ0) is 17.2. The first kappa shape index (κ1) is 17.3. The maximum atomic E-state index is 12.7. The average Bonchev–Trinajstić information content (AvgIpc) is 3.05. The van der Waals surface area contributed by atoms with Crippen molar-refractivity contribution in [3.63, 3.8) is 0 Å². The molecule has 1 N–H and O–H groups in total. The van der Waals surface area contributed by atoms with E-state index in [1.54, 1.807) is 18.3 Å². The van der Waals surface area contributed by atoms with Gasteiger partial charge in [0.15, 0.2) is 0 Å². The highest BCUT2D eigenvalue weighted by Gasteiger charge is 2.20. The molecule has 2 aromatic rings. The van der Waals surface area contributed by atoms with Gasteiger partial charge in [-0.1, -0.05) is 19.1 Å². The fourth-order valence-corrected chi connectivity index (χ4v) is 4.60. The summed E-state index contributed by atoms with van der Waals surface area (Å²) in [5, 5.41) is 0.850. The summed E-state index contributed by atoms with van der Waals surface area (Å²) in [5.74, 6) is 0.281. The van der Waals surface area contributed by atoms with E-state index in [0.29, 0.717) is 12.1 Å². The Hall–Kier alpha value is -1.50. The van der Waals surface area contributed by atoms with Gasteiger partial charge in [0.25, 0.3) is 0 Å². The third-order valence-electron chi connectivity index (χ3n) is 4.49. The molecule has 1 fully saturated rings. The molecule has 1 saturated heterocycles. The first-order chi connectivity index (χ1) is 11.5. The lowest BCUT2D eigenvalue weighted by molar-refractivity contribution is 0.288. The fraction of sp³-hybridized carbons (Fsp3) is 0.500. The number of para-hydroxylation sites is 1. The number of sulfonamides is 1. The Morgan fingerprint density at radius 1 is 1.29 bits per heavy atom. The van der Waals surface area contributed by atoms with Gasteiger partial charge >= 0.3 is 0 Å². The highest BCUT2D eigenvalue weighted by atomic mass is 32.2. The average molecular weight is 347 g/mol. The van der Waals surface area contributed by atoms with E-state index in [9.17, 15) is 8.42 Å². The second-order valence-corrected chi connectivity index (χ2v) is 8.54. The van der Waals surface area contributed by atoms with E-state index in [-0.39, 0.29) is 10.8 Å². The maximum Gasteiger partial charge on any atom is 0.242 e. The Bertz CT molecular complexity index is 814. The summed E-state index contributed by atoms with van der Waals surface area (Å²) in [4.78, 5) is 6.99. The van der Waals surface area contributed by atoms with Gasteiger partial charge in [0.1, 0.15) is 4.90 Å². The minimum Gasteiger partial charge on any atom is -0.303 e. The second-order valence-electron chi connectivity index (χ2n) is 6.81. The molecule has 0 radical (unpaired) electrons. The molecule has 6 heteroatoms. The summed E-state index contributed by atoms with van der Waals surface area (Å²) in [6.45, 7) is 7.68. The van der Waals surface area contributed by atoms with E-state index in [2.05, 4.69) is 21.5 Å². The van der Waals surface area contributed by atoms with Crippen molar-refractivity contribution in [3.05, 3.63) is 36.0 Å². The van der Waals surface area contributed by atoms with Gasteiger partial charge in [-0.2, -0.15) is 0 Å². The number of aromatic nitrogens is 1. The molecular weight excluding hydrogens is 322 g/mol. The van der Waals surface area contributed by atoms with Crippen LogP contribution in [0.15, 0.2) is 35.4 Å². The highest BCUT2D eigenvalue weighted by Crippen LogP contribution is 2.21. The number of nitrogens with one attached hydrogen (secondary N) is 1. The molecule has 0 saturated carbocycles. The van der Waals surface area contributed by atoms with E-state index in [0.717, 1.165) is 30.6 Å². The van der Waals surface area contributed by atoms with Crippen LogP contribution in [0.5, 0.6) is 0 Å². The molecule has 3 rings (SSSR count). The van der Waals surface area contributed by atoms with Crippen LogP contribution in [0.1, 0.15) is 25.3 Å². The molecular formula is C18H25N3O2S. The van der Waals surface area contributed by atoms with Crippen LogP contribution in [-0.4, -0.2) is 44.5 Å². The molecule has 0 amide bonds. The Morgan fingerprint density at radius 3 is 2.79 bits per heavy atom. The summed E-state index contributed by atoms with van der Waals surface area (Å²) >= 11 is 0. The van der Waals surface area contributed by atoms with Gasteiger partial charge in [0.05, 0.1) is 5.52 Å². The number of likely N-dealkylation sites (tertiary alicyclic amines) is 1. The van der Waals surface area contributed by atoms with E-state index < -0.39 is 10.0 Å². The lowest BCUT2D eigenvalue weighted by Gasteiger charge is -2.20. The molecule has 0 spiro atoms. The van der Waals surface area contributed by atoms with Crippen molar-refractivity contribution in [2.75, 3.05) is 26.2 Å². The van der Waals surface area contributed by atoms with Crippen LogP contribution in [0.4, 0.5) is 0 Å². The number of nitrogens with zero attached hydrogens (tertiary/aromatic N) is 2. The van der Waals surface area contributed by atoms with Crippen LogP contribution < -0.4 is 4.72 Å². The Morgan fingerprint density at radius 2 is 2.04 bits per heavy atom. The van der Waals surface area contributed by atoms with Crippen LogP contribution in [0.2, 0.25) is 0 Å². The summed E-state index contributed by atoms with van der Waals surface area (Å²) < 4.78 is 28.2. The number of aryl methyl sites for hydroxylation is 1. The molecule has 1 aromatic heterocycles. The lowest BCUT2D eigenvalue weighted by Crippen LogP contribution is -2.34. The second kappa shape index (κ2) is 7.17. The van der Waals surface area contributed by atoms with Crippen LogP contribution in [-0.2, 0) is 10.0 Å². The van der Waals surface area contributed by atoms with E-state index in [1.165, 1.54) is 12.8 Å². The summed E-state index contributed by atoms with van der Waals surface area (Å²) in [6, 6.07) is 7.24. The quantitative estimate of drug-likeness (QED) is 0.872. The third-order valence-corrected chi connectivity index (χ3v) is 5.95. The molecule has 5 nitrogen and oxygen atoms in total. The Kier molecular flexibility index (Phi) is 5.18. The third kappa shape index (κ3) is 3.94. The van der Waals surface area contributed by atoms with Crippen LogP contribution in [0, 0.1) is 12.8 Å². The van der Waals surface area contributed by atoms with Crippen molar-refractivity contribution in [1.82, 2.24) is 14.6 Å². The predicted octanol–water partition coefficient (Wildman–Crippen LogP) is 2.55. The monoisotopic (exact) mass is 347 g/mol.